The van der Waals surface area contributed by atoms with Crippen LogP contribution in [-0.4, -0.2) is 41.0 Å². The third-order valence-corrected chi connectivity index (χ3v) is 6.89. The van der Waals surface area contributed by atoms with Crippen molar-refractivity contribution < 1.29 is 9.18 Å². The number of rotatable bonds is 5. The Morgan fingerprint density at radius 2 is 2.03 bits per heavy atom. The molecule has 0 spiro atoms. The first-order chi connectivity index (χ1) is 17.7. The Bertz CT molecular complexity index is 1770. The Hall–Kier alpha value is -4.51. The van der Waals surface area contributed by atoms with Crippen molar-refractivity contribution in [2.75, 3.05) is 5.32 Å². The van der Waals surface area contributed by atoms with E-state index in [4.69, 9.17) is 4.98 Å². The molecule has 0 aliphatic heterocycles. The topological polar surface area (TPSA) is 125 Å². The molecule has 0 saturated heterocycles. The van der Waals surface area contributed by atoms with Crippen LogP contribution in [0, 0.1) is 11.7 Å². The zero-order valence-electron chi connectivity index (χ0n) is 18.6. The van der Waals surface area contributed by atoms with Crippen molar-refractivity contribution in [2.45, 2.75) is 12.8 Å². The highest BCUT2D eigenvalue weighted by Gasteiger charge is 2.29. The van der Waals surface area contributed by atoms with Crippen molar-refractivity contribution in [3.8, 4) is 33.9 Å². The Balaban J connectivity index is 1.32. The molecule has 6 heterocycles. The normalized spacial score (nSPS) is 13.5. The lowest BCUT2D eigenvalue weighted by Gasteiger charge is -2.08. The van der Waals surface area contributed by atoms with Crippen molar-refractivity contribution in [1.29, 1.82) is 0 Å². The molecule has 6 aromatic heterocycles. The van der Waals surface area contributed by atoms with E-state index in [0.717, 1.165) is 29.6 Å². The summed E-state index contributed by atoms with van der Waals surface area (Å²) in [6.45, 7) is 0. The lowest BCUT2D eigenvalue weighted by Crippen LogP contribution is -2.13. The van der Waals surface area contributed by atoms with E-state index in [1.54, 1.807) is 36.0 Å². The summed E-state index contributed by atoms with van der Waals surface area (Å²) in [4.78, 5) is 33.2. The number of nitrogens with one attached hydrogen (secondary N) is 3. The maximum Gasteiger partial charge on any atom is 0.227 e. The van der Waals surface area contributed by atoms with Gasteiger partial charge in [-0.25, -0.2) is 14.4 Å². The van der Waals surface area contributed by atoms with Gasteiger partial charge in [-0.1, -0.05) is 0 Å². The number of hydrogen-bond acceptors (Lipinski definition) is 7. The van der Waals surface area contributed by atoms with E-state index in [2.05, 4.69) is 35.5 Å². The largest absolute Gasteiger partial charge is 0.336 e. The number of hydrogen-bond donors (Lipinski definition) is 3. The number of aromatic amines is 2. The molecule has 1 amide bonds. The molecule has 0 radical (unpaired) electrons. The van der Waals surface area contributed by atoms with E-state index >= 15 is 4.39 Å². The van der Waals surface area contributed by atoms with Crippen LogP contribution in [0.3, 0.4) is 0 Å². The third kappa shape index (κ3) is 3.43. The summed E-state index contributed by atoms with van der Waals surface area (Å²) in [6, 6.07) is 5.50. The van der Waals surface area contributed by atoms with E-state index in [-0.39, 0.29) is 22.8 Å². The van der Waals surface area contributed by atoms with Gasteiger partial charge in [0.05, 0.1) is 28.5 Å². The number of imidazole rings is 1. The van der Waals surface area contributed by atoms with Gasteiger partial charge in [0.25, 0.3) is 0 Å². The summed E-state index contributed by atoms with van der Waals surface area (Å²) in [5.41, 5.74) is 5.03. The Morgan fingerprint density at radius 3 is 2.86 bits per heavy atom. The average Bonchev–Trinajstić information content (AvgIpc) is 3.27. The number of carbonyl (C=O) groups is 1. The van der Waals surface area contributed by atoms with Gasteiger partial charge in [-0.15, -0.1) is 0 Å². The standard InChI is InChI=1S/C25H17FN8OS/c26-19-16(14-7-15(9-27-8-14)30-25(35)12-1-2-12)10-29-23-18(19)22(33-34-23)24-31-17-3-5-28-20(21(17)32-24)13-4-6-36-11-13/h3-12H,1-2H2,(H,30,35)(H,31,32)(H,29,33,34). The number of carbonyl (C=O) groups excluding carboxylic acids is 1. The number of halogens is 1. The fraction of sp³-hybridized carbons (Fsp3) is 0.120. The number of amides is 1. The van der Waals surface area contributed by atoms with Crippen LogP contribution in [0.25, 0.3) is 56.0 Å². The number of fused-ring (bicyclic) bond motifs is 2. The van der Waals surface area contributed by atoms with E-state index < -0.39 is 5.82 Å². The quantitative estimate of drug-likeness (QED) is 0.302. The van der Waals surface area contributed by atoms with Crippen molar-refractivity contribution in [2.24, 2.45) is 5.92 Å². The predicted molar refractivity (Wildman–Crippen MR) is 135 cm³/mol. The molecule has 36 heavy (non-hydrogen) atoms. The van der Waals surface area contributed by atoms with Gasteiger partial charge in [0.15, 0.2) is 11.5 Å². The number of anilines is 1. The number of pyridine rings is 3. The number of aromatic nitrogens is 7. The summed E-state index contributed by atoms with van der Waals surface area (Å²) in [5, 5.41) is 14.2. The average molecular weight is 497 g/mol. The van der Waals surface area contributed by atoms with E-state index in [9.17, 15) is 4.79 Å². The fourth-order valence-corrected chi connectivity index (χ4v) is 4.87. The SMILES string of the molecule is O=C(Nc1cncc(-c2cnc3[nH]nc(-c4nc5c(-c6ccsc6)nccc5[nH]4)c3c2F)c1)C1CC1. The first-order valence-corrected chi connectivity index (χ1v) is 12.3. The molecule has 1 aliphatic carbocycles. The van der Waals surface area contributed by atoms with Gasteiger partial charge in [-0.05, 0) is 36.4 Å². The van der Waals surface area contributed by atoms with Crippen molar-refractivity contribution in [3.63, 3.8) is 0 Å². The number of nitrogens with zero attached hydrogens (tertiary/aromatic N) is 5. The van der Waals surface area contributed by atoms with Crippen LogP contribution in [-0.2, 0) is 4.79 Å². The van der Waals surface area contributed by atoms with E-state index in [1.165, 1.54) is 6.20 Å². The minimum absolute atomic E-state index is 0.0404. The second-order valence-electron chi connectivity index (χ2n) is 8.66. The molecule has 1 fully saturated rings. The van der Waals surface area contributed by atoms with Gasteiger partial charge in [-0.2, -0.15) is 16.4 Å². The molecular weight excluding hydrogens is 479 g/mol. The highest BCUT2D eigenvalue weighted by molar-refractivity contribution is 7.08. The lowest BCUT2D eigenvalue weighted by molar-refractivity contribution is -0.117. The molecule has 176 valence electrons. The minimum atomic E-state index is -0.507. The molecule has 9 nitrogen and oxygen atoms in total. The number of thiophene rings is 1. The Morgan fingerprint density at radius 1 is 1.11 bits per heavy atom. The zero-order valence-corrected chi connectivity index (χ0v) is 19.4. The van der Waals surface area contributed by atoms with Crippen molar-refractivity contribution >= 4 is 45.0 Å². The van der Waals surface area contributed by atoms with Crippen LogP contribution in [0.5, 0.6) is 0 Å². The number of H-pyrrole nitrogens is 2. The van der Waals surface area contributed by atoms with E-state index in [1.807, 2.05) is 22.9 Å². The van der Waals surface area contributed by atoms with Crippen LogP contribution in [0.4, 0.5) is 10.1 Å². The molecule has 1 saturated carbocycles. The van der Waals surface area contributed by atoms with Crippen molar-refractivity contribution in [3.05, 3.63) is 59.6 Å². The van der Waals surface area contributed by atoms with Gasteiger partial charge in [0, 0.05) is 46.6 Å². The van der Waals surface area contributed by atoms with Gasteiger partial charge >= 0.3 is 0 Å². The minimum Gasteiger partial charge on any atom is -0.336 e. The fourth-order valence-electron chi connectivity index (χ4n) is 4.23. The van der Waals surface area contributed by atoms with E-state index in [0.29, 0.717) is 33.9 Å². The highest BCUT2D eigenvalue weighted by atomic mass is 32.1. The van der Waals surface area contributed by atoms with Crippen LogP contribution in [0.1, 0.15) is 12.8 Å². The Kier molecular flexibility index (Phi) is 4.64. The molecule has 0 aromatic carbocycles. The molecule has 11 heteroatoms. The molecule has 3 N–H and O–H groups in total. The van der Waals surface area contributed by atoms with Crippen LogP contribution >= 0.6 is 11.3 Å². The monoisotopic (exact) mass is 496 g/mol. The highest BCUT2D eigenvalue weighted by Crippen LogP contribution is 2.35. The third-order valence-electron chi connectivity index (χ3n) is 6.21. The lowest BCUT2D eigenvalue weighted by atomic mass is 10.1. The van der Waals surface area contributed by atoms with Crippen LogP contribution in [0.2, 0.25) is 0 Å². The zero-order chi connectivity index (χ0) is 24.2. The van der Waals surface area contributed by atoms with Gasteiger partial charge < -0.3 is 10.3 Å². The van der Waals surface area contributed by atoms with Gasteiger partial charge in [0.2, 0.25) is 5.91 Å². The summed E-state index contributed by atoms with van der Waals surface area (Å²) in [7, 11) is 0. The molecule has 7 rings (SSSR count). The molecular formula is C25H17FN8OS. The summed E-state index contributed by atoms with van der Waals surface area (Å²) in [5.74, 6) is -0.0903. The maximum absolute atomic E-state index is 16.0. The first kappa shape index (κ1) is 20.8. The second-order valence-corrected chi connectivity index (χ2v) is 9.44. The van der Waals surface area contributed by atoms with Crippen LogP contribution < -0.4 is 5.32 Å². The first-order valence-electron chi connectivity index (χ1n) is 11.3. The molecule has 6 aromatic rings. The predicted octanol–water partition coefficient (Wildman–Crippen LogP) is 5.17. The molecule has 0 unspecified atom stereocenters. The molecule has 0 bridgehead atoms. The summed E-state index contributed by atoms with van der Waals surface area (Å²) in [6.07, 6.45) is 8.01. The Labute approximate surface area is 206 Å². The summed E-state index contributed by atoms with van der Waals surface area (Å²) >= 11 is 1.58. The molecule has 1 aliphatic rings. The summed E-state index contributed by atoms with van der Waals surface area (Å²) < 4.78 is 16.0. The smallest absolute Gasteiger partial charge is 0.227 e. The maximum atomic E-state index is 16.0. The van der Waals surface area contributed by atoms with Gasteiger partial charge in [0.1, 0.15) is 17.0 Å². The second kappa shape index (κ2) is 8.02. The van der Waals surface area contributed by atoms with Crippen LogP contribution in [0.15, 0.2) is 53.7 Å². The van der Waals surface area contributed by atoms with Gasteiger partial charge in [-0.3, -0.25) is 19.9 Å². The van der Waals surface area contributed by atoms with Crippen molar-refractivity contribution in [1.82, 2.24) is 35.1 Å². The molecule has 0 atom stereocenters.